The molecule has 2 unspecified atom stereocenters. The van der Waals surface area contributed by atoms with Crippen molar-refractivity contribution in [3.05, 3.63) is 0 Å². The summed E-state index contributed by atoms with van der Waals surface area (Å²) >= 11 is 0. The first-order valence-corrected chi connectivity index (χ1v) is 3.26. The summed E-state index contributed by atoms with van der Waals surface area (Å²) in [6, 6.07) is 0. The molecule has 0 aromatic carbocycles. The lowest BCUT2D eigenvalue weighted by molar-refractivity contribution is 0.102. The molecule has 0 bridgehead atoms. The Morgan fingerprint density at radius 3 is 1.80 bits per heavy atom. The Morgan fingerprint density at radius 2 is 1.50 bits per heavy atom. The fourth-order valence-electron chi connectivity index (χ4n) is 0.659. The van der Waals surface area contributed by atoms with Crippen molar-refractivity contribution in [2.24, 2.45) is 0 Å². The van der Waals surface area contributed by atoms with Crippen molar-refractivity contribution in [1.29, 1.82) is 0 Å². The molecule has 2 heterocycles. The van der Waals surface area contributed by atoms with Crippen LogP contribution in [0.3, 0.4) is 0 Å². The number of hydrogen-bond acceptors (Lipinski definition) is 3. The quantitative estimate of drug-likeness (QED) is 0.527. The number of halogens is 1. The average Bonchev–Trinajstić information content (AvgIpc) is 2.57. The number of epoxide rings is 2. The van der Waals surface area contributed by atoms with Gasteiger partial charge < -0.3 is 14.2 Å². The molecule has 0 aliphatic carbocycles. The molecule has 4 heteroatoms. The van der Waals surface area contributed by atoms with Crippen LogP contribution >= 0.6 is 0 Å². The van der Waals surface area contributed by atoms with Crippen LogP contribution in [0, 0.1) is 0 Å². The highest BCUT2D eigenvalue weighted by molar-refractivity contribution is 4.71. The molecule has 10 heavy (non-hydrogen) atoms. The van der Waals surface area contributed by atoms with Crippen molar-refractivity contribution in [2.75, 3.05) is 26.4 Å². The van der Waals surface area contributed by atoms with E-state index < -0.39 is 0 Å². The molecule has 2 fully saturated rings. The fraction of sp³-hybridized carbons (Fsp3) is 1.00. The van der Waals surface area contributed by atoms with Gasteiger partial charge in [-0.05, 0) is 0 Å². The zero-order valence-corrected chi connectivity index (χ0v) is 5.62. The molecule has 2 saturated heterocycles. The van der Waals surface area contributed by atoms with Gasteiger partial charge in [-0.1, -0.05) is 0 Å². The lowest BCUT2D eigenvalue weighted by Gasteiger charge is -1.95. The molecule has 0 aromatic heterocycles. The van der Waals surface area contributed by atoms with Gasteiger partial charge in [0.05, 0.1) is 26.4 Å². The third-order valence-electron chi connectivity index (χ3n) is 1.41. The van der Waals surface area contributed by atoms with Gasteiger partial charge in [-0.15, -0.1) is 0 Å². The van der Waals surface area contributed by atoms with E-state index in [2.05, 4.69) is 0 Å². The van der Waals surface area contributed by atoms with Crippen LogP contribution in [0.2, 0.25) is 0 Å². The van der Waals surface area contributed by atoms with E-state index in [0.29, 0.717) is 12.2 Å². The second-order valence-corrected chi connectivity index (χ2v) is 2.45. The van der Waals surface area contributed by atoms with Crippen LogP contribution in [-0.4, -0.2) is 38.6 Å². The van der Waals surface area contributed by atoms with Crippen molar-refractivity contribution < 1.29 is 18.9 Å². The minimum Gasteiger partial charge on any atom is -0.376 e. The number of hydrogen-bond donors (Lipinski definition) is 0. The van der Waals surface area contributed by atoms with Gasteiger partial charge in [-0.2, -0.15) is 0 Å². The van der Waals surface area contributed by atoms with Gasteiger partial charge in [0, 0.05) is 0 Å². The predicted octanol–water partition coefficient (Wildman–Crippen LogP) is -0.0469. The van der Waals surface area contributed by atoms with Gasteiger partial charge in [0.15, 0.2) is 0 Å². The number of ether oxygens (including phenoxy) is 3. The molecule has 3 nitrogen and oxygen atoms in total. The summed E-state index contributed by atoms with van der Waals surface area (Å²) in [5.74, 6) is 0. The van der Waals surface area contributed by atoms with E-state index in [0.717, 1.165) is 26.4 Å². The minimum absolute atomic E-state index is 0. The average molecular weight is 150 g/mol. The van der Waals surface area contributed by atoms with Crippen LogP contribution in [-0.2, 0) is 14.2 Å². The molecule has 2 aliphatic heterocycles. The van der Waals surface area contributed by atoms with Crippen molar-refractivity contribution >= 4 is 0 Å². The fourth-order valence-corrected chi connectivity index (χ4v) is 0.659. The topological polar surface area (TPSA) is 34.3 Å². The first kappa shape index (κ1) is 7.91. The third-order valence-corrected chi connectivity index (χ3v) is 1.41. The molecular formula is C6H11FO3. The zero-order chi connectivity index (χ0) is 6.10. The molecule has 0 saturated carbocycles. The second kappa shape index (κ2) is 3.27. The van der Waals surface area contributed by atoms with Crippen molar-refractivity contribution in [3.63, 3.8) is 0 Å². The largest absolute Gasteiger partial charge is 0.376 e. The Labute approximate surface area is 58.6 Å². The molecule has 2 atom stereocenters. The SMILES string of the molecule is C(OCC1CO1)C1CO1.F. The minimum atomic E-state index is 0. The monoisotopic (exact) mass is 150 g/mol. The standard InChI is InChI=1S/C6H10O3.FH/c1(5-3-8-5)7-2-6-4-9-6;/h5-6H,1-4H2;1H. The van der Waals surface area contributed by atoms with Crippen LogP contribution in [0.25, 0.3) is 0 Å². The van der Waals surface area contributed by atoms with Gasteiger partial charge in [-0.3, -0.25) is 4.70 Å². The Hall–Kier alpha value is -0.190. The highest BCUT2D eigenvalue weighted by atomic mass is 19.0. The Bertz CT molecular complexity index is 89.2. The summed E-state index contributed by atoms with van der Waals surface area (Å²) in [7, 11) is 0. The van der Waals surface area contributed by atoms with E-state index in [9.17, 15) is 0 Å². The van der Waals surface area contributed by atoms with Crippen LogP contribution in [0.4, 0.5) is 4.70 Å². The normalized spacial score (nSPS) is 34.8. The smallest absolute Gasteiger partial charge is 0.104 e. The van der Waals surface area contributed by atoms with Gasteiger partial charge in [0.2, 0.25) is 0 Å². The Morgan fingerprint density at radius 1 is 1.10 bits per heavy atom. The third kappa shape index (κ3) is 2.60. The molecular weight excluding hydrogens is 139 g/mol. The van der Waals surface area contributed by atoms with Crippen molar-refractivity contribution in [3.8, 4) is 0 Å². The van der Waals surface area contributed by atoms with Crippen LogP contribution in [0.15, 0.2) is 0 Å². The Kier molecular flexibility index (Phi) is 2.59. The van der Waals surface area contributed by atoms with Crippen LogP contribution in [0.5, 0.6) is 0 Å². The first-order chi connectivity index (χ1) is 4.45. The summed E-state index contributed by atoms with van der Waals surface area (Å²) in [6.07, 6.45) is 0.785. The Balaban J connectivity index is 0.000000500. The van der Waals surface area contributed by atoms with Gasteiger partial charge in [-0.25, -0.2) is 0 Å². The molecule has 60 valence electrons. The van der Waals surface area contributed by atoms with E-state index in [4.69, 9.17) is 14.2 Å². The summed E-state index contributed by atoms with van der Waals surface area (Å²) in [5, 5.41) is 0. The van der Waals surface area contributed by atoms with E-state index in [1.807, 2.05) is 0 Å². The molecule has 0 radical (unpaired) electrons. The maximum absolute atomic E-state index is 5.23. The highest BCUT2D eigenvalue weighted by Crippen LogP contribution is 2.12. The van der Waals surface area contributed by atoms with Crippen molar-refractivity contribution in [2.45, 2.75) is 12.2 Å². The molecule has 0 spiro atoms. The van der Waals surface area contributed by atoms with Gasteiger partial charge in [0.1, 0.15) is 12.2 Å². The lowest BCUT2D eigenvalue weighted by atomic mass is 10.5. The van der Waals surface area contributed by atoms with E-state index in [1.165, 1.54) is 0 Å². The van der Waals surface area contributed by atoms with Gasteiger partial charge in [0.25, 0.3) is 0 Å². The second-order valence-electron chi connectivity index (χ2n) is 2.45. The van der Waals surface area contributed by atoms with Gasteiger partial charge >= 0.3 is 0 Å². The predicted molar refractivity (Wildman–Crippen MR) is 32.8 cm³/mol. The number of rotatable bonds is 4. The highest BCUT2D eigenvalue weighted by Gasteiger charge is 2.26. The van der Waals surface area contributed by atoms with E-state index in [-0.39, 0.29) is 4.70 Å². The summed E-state index contributed by atoms with van der Waals surface area (Å²) in [6.45, 7) is 3.26. The van der Waals surface area contributed by atoms with Crippen molar-refractivity contribution in [1.82, 2.24) is 0 Å². The maximum atomic E-state index is 5.23. The van der Waals surface area contributed by atoms with E-state index >= 15 is 0 Å². The van der Waals surface area contributed by atoms with Crippen LogP contribution < -0.4 is 0 Å². The van der Waals surface area contributed by atoms with Crippen LogP contribution in [0.1, 0.15) is 0 Å². The molecule has 2 aliphatic rings. The molecule has 0 N–H and O–H groups in total. The summed E-state index contributed by atoms with van der Waals surface area (Å²) in [4.78, 5) is 0. The first-order valence-electron chi connectivity index (χ1n) is 3.26. The summed E-state index contributed by atoms with van der Waals surface area (Å²) < 4.78 is 15.1. The molecule has 0 amide bonds. The maximum Gasteiger partial charge on any atom is 0.104 e. The lowest BCUT2D eigenvalue weighted by Crippen LogP contribution is -2.06. The summed E-state index contributed by atoms with van der Waals surface area (Å²) in [5.41, 5.74) is 0. The molecule has 0 aromatic rings. The zero-order valence-electron chi connectivity index (χ0n) is 5.62. The van der Waals surface area contributed by atoms with E-state index in [1.54, 1.807) is 0 Å². The molecule has 2 rings (SSSR count).